The lowest BCUT2D eigenvalue weighted by Gasteiger charge is -2.33. The molecule has 2 aliphatic rings. The summed E-state index contributed by atoms with van der Waals surface area (Å²) in [6, 6.07) is 15.1. The van der Waals surface area contributed by atoms with E-state index in [9.17, 15) is 12.6 Å². The highest BCUT2D eigenvalue weighted by atomic mass is 32.3. The molecule has 0 radical (unpaired) electrons. The number of allylic oxidation sites excluding steroid dienone is 2. The maximum atomic E-state index is 14.3. The molecule has 1 heterocycles. The number of ether oxygens (including phenoxy) is 2. The third-order valence-corrected chi connectivity index (χ3v) is 10.4. The van der Waals surface area contributed by atoms with Gasteiger partial charge in [0.25, 0.3) is 10.0 Å². The lowest BCUT2D eigenvalue weighted by Crippen LogP contribution is -2.33. The van der Waals surface area contributed by atoms with Gasteiger partial charge in [0.2, 0.25) is 0 Å². The van der Waals surface area contributed by atoms with Crippen LogP contribution in [-0.2, 0) is 29.2 Å². The van der Waals surface area contributed by atoms with Gasteiger partial charge in [-0.05, 0) is 51.0 Å². The summed E-state index contributed by atoms with van der Waals surface area (Å²) < 4.78 is 56.2. The molecular weight excluding hydrogens is 434 g/mol. The molecule has 6 nitrogen and oxygen atoms in total. The highest BCUT2D eigenvalue weighted by Gasteiger charge is 2.40. The van der Waals surface area contributed by atoms with Crippen molar-refractivity contribution in [3.8, 4) is 0 Å². The Morgan fingerprint density at radius 2 is 1.45 bits per heavy atom. The second-order valence-corrected chi connectivity index (χ2v) is 12.1. The van der Waals surface area contributed by atoms with E-state index in [4.69, 9.17) is 9.47 Å². The summed E-state index contributed by atoms with van der Waals surface area (Å²) in [5.74, 6) is -0.553. The van der Waals surface area contributed by atoms with Crippen molar-refractivity contribution in [3.05, 3.63) is 70.6 Å². The van der Waals surface area contributed by atoms with Crippen LogP contribution in [0.5, 0.6) is 0 Å². The normalized spacial score (nSPS) is 20.4. The van der Waals surface area contributed by atoms with Crippen LogP contribution in [0.25, 0.3) is 0 Å². The monoisotopic (exact) mass is 461 g/mol. The Labute approximate surface area is 184 Å². The van der Waals surface area contributed by atoms with E-state index in [-0.39, 0.29) is 4.90 Å². The van der Waals surface area contributed by atoms with Crippen LogP contribution in [0.2, 0.25) is 0 Å². The van der Waals surface area contributed by atoms with Crippen molar-refractivity contribution in [1.29, 1.82) is 0 Å². The smallest absolute Gasteiger partial charge is 0.290 e. The van der Waals surface area contributed by atoms with Crippen molar-refractivity contribution < 1.29 is 22.1 Å². The van der Waals surface area contributed by atoms with Crippen molar-refractivity contribution in [2.24, 2.45) is 3.77 Å². The highest BCUT2D eigenvalue weighted by molar-refractivity contribution is 8.05. The molecule has 166 valence electrons. The van der Waals surface area contributed by atoms with Crippen LogP contribution in [0, 0.1) is 6.92 Å². The molecule has 1 aliphatic carbocycles. The zero-order valence-corrected chi connectivity index (χ0v) is 19.4. The predicted octanol–water partition coefficient (Wildman–Crippen LogP) is 4.80. The second-order valence-electron chi connectivity index (χ2n) is 7.97. The van der Waals surface area contributed by atoms with Crippen molar-refractivity contribution in [2.75, 3.05) is 13.2 Å². The Morgan fingerprint density at radius 3 is 2.03 bits per heavy atom. The molecule has 1 spiro atoms. The van der Waals surface area contributed by atoms with Crippen LogP contribution in [0.3, 0.4) is 0 Å². The van der Waals surface area contributed by atoms with E-state index in [1.807, 2.05) is 6.92 Å². The molecule has 1 atom stereocenters. The van der Waals surface area contributed by atoms with E-state index < -0.39 is 25.5 Å². The largest absolute Gasteiger partial charge is 0.348 e. The number of hydrogen-bond donors (Lipinski definition) is 0. The maximum Gasteiger partial charge on any atom is 0.290 e. The molecular formula is C23H27NO5S2. The molecule has 2 aromatic carbocycles. The number of aryl methyl sites for hydroxylation is 1. The van der Waals surface area contributed by atoms with Gasteiger partial charge in [-0.3, -0.25) is 0 Å². The van der Waals surface area contributed by atoms with Gasteiger partial charge in [-0.25, -0.2) is 4.21 Å². The summed E-state index contributed by atoms with van der Waals surface area (Å²) in [6.45, 7) is 4.79. The summed E-state index contributed by atoms with van der Waals surface area (Å²) in [4.78, 5) is 0.946. The Morgan fingerprint density at radius 1 is 0.871 bits per heavy atom. The zero-order valence-electron chi connectivity index (χ0n) is 17.7. The van der Waals surface area contributed by atoms with Crippen LogP contribution in [0.1, 0.15) is 38.2 Å². The van der Waals surface area contributed by atoms with Crippen LogP contribution in [0.4, 0.5) is 0 Å². The molecule has 0 amide bonds. The Bertz CT molecular complexity index is 1190. The first-order valence-corrected chi connectivity index (χ1v) is 13.3. The maximum absolute atomic E-state index is 14.3. The number of sulfonamides is 1. The first-order chi connectivity index (χ1) is 14.7. The van der Waals surface area contributed by atoms with Gasteiger partial charge in [-0.2, -0.15) is 8.42 Å². The Kier molecular flexibility index (Phi) is 6.09. The van der Waals surface area contributed by atoms with Crippen LogP contribution >= 0.6 is 0 Å². The van der Waals surface area contributed by atoms with E-state index >= 15 is 0 Å². The van der Waals surface area contributed by atoms with Gasteiger partial charge in [-0.15, -0.1) is 0 Å². The summed E-state index contributed by atoms with van der Waals surface area (Å²) >= 11 is 0. The summed E-state index contributed by atoms with van der Waals surface area (Å²) in [5.41, 5.74) is 1.90. The molecule has 1 saturated heterocycles. The minimum absolute atomic E-state index is 0.0370. The summed E-state index contributed by atoms with van der Waals surface area (Å²) in [5, 5.41) is 0. The zero-order chi connectivity index (χ0) is 22.1. The van der Waals surface area contributed by atoms with Crippen molar-refractivity contribution in [2.45, 2.75) is 55.1 Å². The summed E-state index contributed by atoms with van der Waals surface area (Å²) in [7, 11) is -7.48. The second kappa shape index (κ2) is 8.50. The fraction of sp³-hybridized carbons (Fsp3) is 0.391. The van der Waals surface area contributed by atoms with E-state index in [1.54, 1.807) is 49.4 Å². The number of rotatable bonds is 4. The fourth-order valence-corrected chi connectivity index (χ4v) is 8.23. The molecule has 0 bridgehead atoms. The van der Waals surface area contributed by atoms with Crippen LogP contribution < -0.4 is 0 Å². The lowest BCUT2D eigenvalue weighted by atomic mass is 9.89. The predicted molar refractivity (Wildman–Crippen MR) is 119 cm³/mol. The molecule has 31 heavy (non-hydrogen) atoms. The van der Waals surface area contributed by atoms with Crippen LogP contribution in [-0.4, -0.2) is 31.6 Å². The van der Waals surface area contributed by atoms with Gasteiger partial charge in [0.1, 0.15) is 9.73 Å². The van der Waals surface area contributed by atoms with Gasteiger partial charge < -0.3 is 9.47 Å². The molecule has 0 N–H and O–H groups in total. The molecule has 1 aliphatic heterocycles. The SMILES string of the molecule is CC(=C1CCC2(CC1)OCCO2)S(=O)(=NS(=O)(=O)c1ccc(C)cc1)c1ccccc1. The third kappa shape index (κ3) is 4.48. The van der Waals surface area contributed by atoms with Crippen molar-refractivity contribution in [1.82, 2.24) is 0 Å². The van der Waals surface area contributed by atoms with E-state index in [1.165, 1.54) is 12.1 Å². The lowest BCUT2D eigenvalue weighted by molar-refractivity contribution is -0.171. The van der Waals surface area contributed by atoms with Gasteiger partial charge in [-0.1, -0.05) is 45.2 Å². The number of benzene rings is 2. The average Bonchev–Trinajstić information content (AvgIpc) is 3.22. The van der Waals surface area contributed by atoms with Crippen molar-refractivity contribution in [3.63, 3.8) is 0 Å². The van der Waals surface area contributed by atoms with Crippen LogP contribution in [0.15, 0.2) is 78.6 Å². The number of hydrogen-bond acceptors (Lipinski definition) is 5. The highest BCUT2D eigenvalue weighted by Crippen LogP contribution is 2.41. The topological polar surface area (TPSA) is 82.0 Å². The van der Waals surface area contributed by atoms with Crippen molar-refractivity contribution >= 4 is 19.8 Å². The number of nitrogens with zero attached hydrogens (tertiary/aromatic N) is 1. The fourth-order valence-electron chi connectivity index (χ4n) is 4.04. The van der Waals surface area contributed by atoms with Gasteiger partial charge >= 0.3 is 0 Å². The minimum Gasteiger partial charge on any atom is -0.348 e. The van der Waals surface area contributed by atoms with Gasteiger partial charge in [0, 0.05) is 17.7 Å². The standard InChI is InChI=1S/C23H27NO5S2/c1-18-8-10-22(11-9-18)31(26,27)24-30(25,21-6-4-3-5-7-21)19(2)20-12-14-23(15-13-20)28-16-17-29-23/h3-11H,12-17H2,1-2H3. The third-order valence-electron chi connectivity index (χ3n) is 5.93. The van der Waals surface area contributed by atoms with Gasteiger partial charge in [0.05, 0.1) is 23.0 Å². The van der Waals surface area contributed by atoms with E-state index in [0.29, 0.717) is 48.7 Å². The first kappa shape index (κ1) is 22.2. The average molecular weight is 462 g/mol. The molecule has 0 aromatic heterocycles. The molecule has 4 rings (SSSR count). The van der Waals surface area contributed by atoms with E-state index in [2.05, 4.69) is 3.77 Å². The van der Waals surface area contributed by atoms with Gasteiger partial charge in [0.15, 0.2) is 5.79 Å². The first-order valence-electron chi connectivity index (χ1n) is 10.4. The van der Waals surface area contributed by atoms with E-state index in [0.717, 1.165) is 11.1 Å². The Hall–Kier alpha value is -2.00. The molecule has 2 aromatic rings. The summed E-state index contributed by atoms with van der Waals surface area (Å²) in [6.07, 6.45) is 2.59. The minimum atomic E-state index is -4.12. The molecule has 2 fully saturated rings. The molecule has 1 saturated carbocycles. The molecule has 1 unspecified atom stereocenters. The quantitative estimate of drug-likeness (QED) is 0.653. The Balaban J connectivity index is 1.80. The molecule has 8 heteroatoms.